The minimum absolute atomic E-state index is 0.00170. The maximum atomic E-state index is 13.0. The maximum Gasteiger partial charge on any atom is 0.416 e. The molecule has 0 unspecified atom stereocenters. The van der Waals surface area contributed by atoms with Gasteiger partial charge < -0.3 is 10.1 Å². The van der Waals surface area contributed by atoms with Crippen molar-refractivity contribution in [2.75, 3.05) is 12.4 Å². The number of allylic oxidation sites excluding steroid dienone is 1. The van der Waals surface area contributed by atoms with E-state index in [1.807, 2.05) is 18.2 Å². The zero-order chi connectivity index (χ0) is 24.2. The fourth-order valence-electron chi connectivity index (χ4n) is 2.94. The predicted molar refractivity (Wildman–Crippen MR) is 123 cm³/mol. The SMILES string of the molecule is C=CCn1c(S[C@H](C)C(=O)Nc2cc(C(F)(F)F)ccc2Cl)nnc1-c1ccccc1OC. The van der Waals surface area contributed by atoms with Gasteiger partial charge in [-0.15, -0.1) is 16.8 Å². The third kappa shape index (κ3) is 5.69. The Morgan fingerprint density at radius 3 is 2.70 bits per heavy atom. The summed E-state index contributed by atoms with van der Waals surface area (Å²) in [4.78, 5) is 12.7. The molecule has 0 radical (unpaired) electrons. The molecule has 1 aromatic heterocycles. The van der Waals surface area contributed by atoms with Crippen LogP contribution >= 0.6 is 23.4 Å². The molecule has 1 atom stereocenters. The number of nitrogens with zero attached hydrogens (tertiary/aromatic N) is 3. The van der Waals surface area contributed by atoms with Crippen molar-refractivity contribution < 1.29 is 22.7 Å². The molecule has 11 heteroatoms. The number of aromatic nitrogens is 3. The van der Waals surface area contributed by atoms with Gasteiger partial charge in [-0.3, -0.25) is 9.36 Å². The minimum atomic E-state index is -4.56. The van der Waals surface area contributed by atoms with E-state index in [0.29, 0.717) is 28.8 Å². The molecular formula is C22H20ClF3N4O2S. The van der Waals surface area contributed by atoms with E-state index >= 15 is 0 Å². The van der Waals surface area contributed by atoms with Gasteiger partial charge in [0.2, 0.25) is 5.91 Å². The number of rotatable bonds is 8. The molecule has 2 aromatic carbocycles. The molecule has 6 nitrogen and oxygen atoms in total. The van der Waals surface area contributed by atoms with E-state index in [4.69, 9.17) is 16.3 Å². The van der Waals surface area contributed by atoms with Crippen molar-refractivity contribution in [3.63, 3.8) is 0 Å². The standard InChI is InChI=1S/C22H20ClF3N4O2S/c1-4-11-30-19(15-7-5-6-8-18(15)32-3)28-29-21(30)33-13(2)20(31)27-17-12-14(22(24,25)26)9-10-16(17)23/h4-10,12-13H,1,11H2,2-3H3,(H,27,31)/t13-/m1/s1. The molecule has 0 fully saturated rings. The highest BCUT2D eigenvalue weighted by atomic mass is 35.5. The molecule has 0 aliphatic rings. The number of carbonyl (C=O) groups excluding carboxylic acids is 1. The first-order valence-corrected chi connectivity index (χ1v) is 10.9. The molecule has 3 aromatic rings. The second kappa shape index (κ2) is 10.3. The summed E-state index contributed by atoms with van der Waals surface area (Å²) in [5.41, 5.74) is -0.310. The first kappa shape index (κ1) is 24.7. The topological polar surface area (TPSA) is 69.0 Å². The molecule has 0 spiro atoms. The Balaban J connectivity index is 1.83. The van der Waals surface area contributed by atoms with Crippen molar-refractivity contribution in [1.29, 1.82) is 0 Å². The lowest BCUT2D eigenvalue weighted by Gasteiger charge is -2.15. The van der Waals surface area contributed by atoms with E-state index in [0.717, 1.165) is 30.0 Å². The summed E-state index contributed by atoms with van der Waals surface area (Å²) in [5.74, 6) is 0.605. The van der Waals surface area contributed by atoms with Gasteiger partial charge in [-0.05, 0) is 37.3 Å². The summed E-state index contributed by atoms with van der Waals surface area (Å²) >= 11 is 7.09. The fourth-order valence-corrected chi connectivity index (χ4v) is 3.96. The van der Waals surface area contributed by atoms with Crippen LogP contribution in [0, 0.1) is 0 Å². The van der Waals surface area contributed by atoms with E-state index in [9.17, 15) is 18.0 Å². The second-order valence-electron chi connectivity index (χ2n) is 6.85. The van der Waals surface area contributed by atoms with Crippen molar-refractivity contribution in [3.05, 3.63) is 65.7 Å². The fraction of sp³-hybridized carbons (Fsp3) is 0.227. The van der Waals surface area contributed by atoms with Crippen LogP contribution in [0.1, 0.15) is 12.5 Å². The second-order valence-corrected chi connectivity index (χ2v) is 8.56. The van der Waals surface area contributed by atoms with Crippen LogP contribution < -0.4 is 10.1 Å². The summed E-state index contributed by atoms with van der Waals surface area (Å²) in [5, 5.41) is 10.6. The van der Waals surface area contributed by atoms with E-state index < -0.39 is 22.9 Å². The summed E-state index contributed by atoms with van der Waals surface area (Å²) in [7, 11) is 1.55. The Morgan fingerprint density at radius 1 is 1.30 bits per heavy atom. The molecule has 0 saturated heterocycles. The monoisotopic (exact) mass is 496 g/mol. The number of alkyl halides is 3. The van der Waals surface area contributed by atoms with Crippen LogP contribution in [0.15, 0.2) is 60.3 Å². The third-order valence-electron chi connectivity index (χ3n) is 4.58. The number of hydrogen-bond donors (Lipinski definition) is 1. The first-order valence-electron chi connectivity index (χ1n) is 9.67. The number of hydrogen-bond acceptors (Lipinski definition) is 5. The maximum absolute atomic E-state index is 13.0. The molecule has 33 heavy (non-hydrogen) atoms. The number of carbonyl (C=O) groups is 1. The highest BCUT2D eigenvalue weighted by molar-refractivity contribution is 8.00. The largest absolute Gasteiger partial charge is 0.496 e. The first-order chi connectivity index (χ1) is 15.7. The number of para-hydroxylation sites is 1. The number of anilines is 1. The Kier molecular flexibility index (Phi) is 7.70. The van der Waals surface area contributed by atoms with Gasteiger partial charge in [0.05, 0.1) is 34.2 Å². The van der Waals surface area contributed by atoms with Crippen LogP contribution in [0.5, 0.6) is 5.75 Å². The van der Waals surface area contributed by atoms with Gasteiger partial charge in [0.15, 0.2) is 11.0 Å². The Bertz CT molecular complexity index is 1170. The number of ether oxygens (including phenoxy) is 1. The van der Waals surface area contributed by atoms with Gasteiger partial charge in [-0.1, -0.05) is 41.6 Å². The van der Waals surface area contributed by atoms with Gasteiger partial charge >= 0.3 is 6.18 Å². The Morgan fingerprint density at radius 2 is 2.03 bits per heavy atom. The van der Waals surface area contributed by atoms with Gasteiger partial charge in [0.1, 0.15) is 5.75 Å². The zero-order valence-corrected chi connectivity index (χ0v) is 19.3. The highest BCUT2D eigenvalue weighted by Crippen LogP contribution is 2.35. The number of nitrogens with one attached hydrogen (secondary N) is 1. The van der Waals surface area contributed by atoms with Crippen LogP contribution in [0.3, 0.4) is 0 Å². The predicted octanol–water partition coefficient (Wildman–Crippen LogP) is 5.93. The molecule has 174 valence electrons. The summed E-state index contributed by atoms with van der Waals surface area (Å²) in [6, 6.07) is 10.1. The van der Waals surface area contributed by atoms with E-state index in [-0.39, 0.29) is 10.7 Å². The quantitative estimate of drug-likeness (QED) is 0.309. The lowest BCUT2D eigenvalue weighted by atomic mass is 10.2. The van der Waals surface area contributed by atoms with E-state index in [1.165, 1.54) is 0 Å². The number of thioether (sulfide) groups is 1. The molecule has 1 heterocycles. The van der Waals surface area contributed by atoms with Crippen LogP contribution in [0.2, 0.25) is 5.02 Å². The van der Waals surface area contributed by atoms with E-state index in [2.05, 4.69) is 22.1 Å². The lowest BCUT2D eigenvalue weighted by Crippen LogP contribution is -2.23. The molecule has 1 amide bonds. The molecule has 3 rings (SSSR count). The zero-order valence-electron chi connectivity index (χ0n) is 17.7. The molecular weight excluding hydrogens is 477 g/mol. The highest BCUT2D eigenvalue weighted by Gasteiger charge is 2.31. The van der Waals surface area contributed by atoms with Crippen molar-refractivity contribution in [3.8, 4) is 17.1 Å². The molecule has 0 bridgehead atoms. The molecule has 0 aliphatic carbocycles. The summed E-state index contributed by atoms with van der Waals surface area (Å²) in [6.07, 6.45) is -2.89. The summed E-state index contributed by atoms with van der Waals surface area (Å²) in [6.45, 7) is 5.74. The molecule has 1 N–H and O–H groups in total. The van der Waals surface area contributed by atoms with Gasteiger partial charge in [0.25, 0.3) is 0 Å². The smallest absolute Gasteiger partial charge is 0.416 e. The van der Waals surface area contributed by atoms with Gasteiger partial charge in [-0.25, -0.2) is 0 Å². The van der Waals surface area contributed by atoms with Crippen molar-refractivity contribution >= 4 is 35.0 Å². The number of amides is 1. The molecule has 0 aliphatic heterocycles. The van der Waals surface area contributed by atoms with Crippen molar-refractivity contribution in [1.82, 2.24) is 14.8 Å². The molecule has 0 saturated carbocycles. The minimum Gasteiger partial charge on any atom is -0.496 e. The number of halogens is 4. The van der Waals surface area contributed by atoms with Crippen LogP contribution in [0.4, 0.5) is 18.9 Å². The van der Waals surface area contributed by atoms with Crippen LogP contribution in [0.25, 0.3) is 11.4 Å². The van der Waals surface area contributed by atoms with Crippen molar-refractivity contribution in [2.24, 2.45) is 0 Å². The third-order valence-corrected chi connectivity index (χ3v) is 5.99. The Hall–Kier alpha value is -2.98. The lowest BCUT2D eigenvalue weighted by molar-refractivity contribution is -0.137. The average molecular weight is 497 g/mol. The van der Waals surface area contributed by atoms with Crippen LogP contribution in [-0.4, -0.2) is 33.0 Å². The van der Waals surface area contributed by atoms with Gasteiger partial charge in [0, 0.05) is 6.54 Å². The average Bonchev–Trinajstić information content (AvgIpc) is 3.16. The van der Waals surface area contributed by atoms with Crippen molar-refractivity contribution in [2.45, 2.75) is 30.1 Å². The van der Waals surface area contributed by atoms with Crippen LogP contribution in [-0.2, 0) is 17.5 Å². The van der Waals surface area contributed by atoms with E-state index in [1.54, 1.807) is 30.7 Å². The van der Waals surface area contributed by atoms with Gasteiger partial charge in [-0.2, -0.15) is 13.2 Å². The Labute approximate surface area is 197 Å². The number of benzene rings is 2. The number of methoxy groups -OCH3 is 1. The normalized spacial score (nSPS) is 12.3. The summed E-state index contributed by atoms with van der Waals surface area (Å²) < 4.78 is 46.2.